The van der Waals surface area contributed by atoms with E-state index < -0.39 is 21.0 Å². The first-order valence-corrected chi connectivity index (χ1v) is 8.35. The van der Waals surface area contributed by atoms with Crippen molar-refractivity contribution in [1.82, 2.24) is 0 Å². The molecule has 0 aliphatic heterocycles. The average molecular weight is 297 g/mol. The molecule has 0 aromatic heterocycles. The SMILES string of the molecule is Cc1ccc(S(=O)(=O)[C@@H]2[C@@H](C#N)[C@@H]2c2ccccc2)cc1. The van der Waals surface area contributed by atoms with Gasteiger partial charge in [0.2, 0.25) is 0 Å². The van der Waals surface area contributed by atoms with Crippen LogP contribution in [0.3, 0.4) is 0 Å². The van der Waals surface area contributed by atoms with E-state index in [0.717, 1.165) is 11.1 Å². The summed E-state index contributed by atoms with van der Waals surface area (Å²) in [6, 6.07) is 18.4. The predicted molar refractivity (Wildman–Crippen MR) is 80.4 cm³/mol. The Bertz CT molecular complexity index is 789. The molecule has 1 aliphatic carbocycles. The number of hydrogen-bond acceptors (Lipinski definition) is 3. The summed E-state index contributed by atoms with van der Waals surface area (Å²) in [5.74, 6) is -0.679. The Morgan fingerprint density at radius 1 is 1.00 bits per heavy atom. The Hall–Kier alpha value is -2.12. The fourth-order valence-electron chi connectivity index (χ4n) is 2.78. The third-order valence-corrected chi connectivity index (χ3v) is 6.23. The van der Waals surface area contributed by atoms with Crippen LogP contribution < -0.4 is 0 Å². The molecule has 4 heteroatoms. The van der Waals surface area contributed by atoms with Crippen LogP contribution in [0.15, 0.2) is 59.5 Å². The van der Waals surface area contributed by atoms with Crippen LogP contribution in [0, 0.1) is 24.2 Å². The van der Waals surface area contributed by atoms with Crippen LogP contribution >= 0.6 is 0 Å². The minimum Gasteiger partial charge on any atom is -0.223 e. The molecule has 106 valence electrons. The second-order valence-corrected chi connectivity index (χ2v) is 7.52. The second-order valence-electron chi connectivity index (χ2n) is 5.41. The third-order valence-electron chi connectivity index (χ3n) is 4.00. The molecule has 3 nitrogen and oxygen atoms in total. The van der Waals surface area contributed by atoms with E-state index in [9.17, 15) is 13.7 Å². The molecule has 0 unspecified atom stereocenters. The van der Waals surface area contributed by atoms with Crippen molar-refractivity contribution in [1.29, 1.82) is 5.26 Å². The maximum absolute atomic E-state index is 12.7. The van der Waals surface area contributed by atoms with E-state index in [1.165, 1.54) is 0 Å². The van der Waals surface area contributed by atoms with Gasteiger partial charge in [-0.2, -0.15) is 5.26 Å². The number of rotatable bonds is 3. The second kappa shape index (κ2) is 5.01. The van der Waals surface area contributed by atoms with E-state index in [4.69, 9.17) is 0 Å². The number of hydrogen-bond donors (Lipinski definition) is 0. The summed E-state index contributed by atoms with van der Waals surface area (Å²) in [7, 11) is -3.46. The van der Waals surface area contributed by atoms with E-state index in [2.05, 4.69) is 6.07 Å². The molecule has 0 amide bonds. The fraction of sp³-hybridized carbons (Fsp3) is 0.235. The van der Waals surface area contributed by atoms with Gasteiger partial charge in [0.25, 0.3) is 0 Å². The summed E-state index contributed by atoms with van der Waals surface area (Å²) in [6.07, 6.45) is 0. The molecular formula is C17H15NO2S. The van der Waals surface area contributed by atoms with Gasteiger partial charge in [0.05, 0.1) is 22.1 Å². The number of benzene rings is 2. The molecule has 0 radical (unpaired) electrons. The van der Waals surface area contributed by atoms with Crippen molar-refractivity contribution < 1.29 is 8.42 Å². The van der Waals surface area contributed by atoms with Crippen LogP contribution in [-0.4, -0.2) is 13.7 Å². The average Bonchev–Trinajstić information content (AvgIpc) is 3.24. The van der Waals surface area contributed by atoms with Crippen LogP contribution in [0.4, 0.5) is 0 Å². The Labute approximate surface area is 124 Å². The maximum Gasteiger partial charge on any atom is 0.183 e. The topological polar surface area (TPSA) is 57.9 Å². The summed E-state index contributed by atoms with van der Waals surface area (Å²) in [5, 5.41) is 8.62. The largest absolute Gasteiger partial charge is 0.223 e. The van der Waals surface area contributed by atoms with Crippen molar-refractivity contribution in [2.24, 2.45) is 5.92 Å². The lowest BCUT2D eigenvalue weighted by molar-refractivity contribution is 0.593. The van der Waals surface area contributed by atoms with Crippen LogP contribution in [0.25, 0.3) is 0 Å². The first-order valence-electron chi connectivity index (χ1n) is 6.81. The van der Waals surface area contributed by atoms with Gasteiger partial charge in [-0.1, -0.05) is 48.0 Å². The lowest BCUT2D eigenvalue weighted by Crippen LogP contribution is -2.10. The first-order chi connectivity index (χ1) is 10.1. The summed E-state index contributed by atoms with van der Waals surface area (Å²) in [6.45, 7) is 1.92. The molecule has 2 aromatic carbocycles. The molecule has 2 aromatic rings. The molecule has 0 spiro atoms. The van der Waals surface area contributed by atoms with Gasteiger partial charge in [0.15, 0.2) is 9.84 Å². The van der Waals surface area contributed by atoms with Gasteiger partial charge in [-0.25, -0.2) is 8.42 Å². The number of sulfone groups is 1. The molecule has 0 bridgehead atoms. The van der Waals surface area contributed by atoms with Gasteiger partial charge in [-0.15, -0.1) is 0 Å². The van der Waals surface area contributed by atoms with Crippen LogP contribution in [0.1, 0.15) is 17.0 Å². The van der Waals surface area contributed by atoms with Crippen molar-refractivity contribution in [2.75, 3.05) is 0 Å². The molecule has 0 N–H and O–H groups in total. The highest BCUT2D eigenvalue weighted by Crippen LogP contribution is 2.53. The maximum atomic E-state index is 12.7. The molecule has 3 rings (SSSR count). The van der Waals surface area contributed by atoms with Gasteiger partial charge in [0.1, 0.15) is 0 Å². The van der Waals surface area contributed by atoms with Crippen LogP contribution in [0.5, 0.6) is 0 Å². The van der Waals surface area contributed by atoms with Crippen molar-refractivity contribution in [3.05, 3.63) is 65.7 Å². The van der Waals surface area contributed by atoms with Gasteiger partial charge >= 0.3 is 0 Å². The molecule has 21 heavy (non-hydrogen) atoms. The Balaban J connectivity index is 1.97. The van der Waals surface area contributed by atoms with Gasteiger partial charge < -0.3 is 0 Å². The lowest BCUT2D eigenvalue weighted by atomic mass is 10.1. The Kier molecular flexibility index (Phi) is 3.30. The molecule has 1 fully saturated rings. The summed E-state index contributed by atoms with van der Waals surface area (Å²) < 4.78 is 25.4. The van der Waals surface area contributed by atoms with Gasteiger partial charge in [-0.3, -0.25) is 0 Å². The fourth-order valence-corrected chi connectivity index (χ4v) is 4.85. The van der Waals surface area contributed by atoms with E-state index in [0.29, 0.717) is 4.90 Å². The lowest BCUT2D eigenvalue weighted by Gasteiger charge is -2.04. The van der Waals surface area contributed by atoms with Gasteiger partial charge in [0, 0.05) is 5.92 Å². The number of nitriles is 1. The number of nitrogens with zero attached hydrogens (tertiary/aromatic N) is 1. The Morgan fingerprint density at radius 2 is 1.62 bits per heavy atom. The summed E-state index contributed by atoms with van der Waals surface area (Å²) in [4.78, 5) is 0.303. The summed E-state index contributed by atoms with van der Waals surface area (Å²) in [5.41, 5.74) is 1.94. The highest BCUT2D eigenvalue weighted by Gasteiger charge is 2.59. The molecule has 3 atom stereocenters. The van der Waals surface area contributed by atoms with E-state index in [-0.39, 0.29) is 5.92 Å². The third kappa shape index (κ3) is 2.34. The Morgan fingerprint density at radius 3 is 2.19 bits per heavy atom. The zero-order valence-electron chi connectivity index (χ0n) is 11.6. The van der Waals surface area contributed by atoms with E-state index >= 15 is 0 Å². The monoisotopic (exact) mass is 297 g/mol. The highest BCUT2D eigenvalue weighted by molar-refractivity contribution is 7.92. The van der Waals surface area contributed by atoms with Crippen LogP contribution in [0.2, 0.25) is 0 Å². The molecule has 1 aliphatic rings. The predicted octanol–water partition coefficient (Wildman–Crippen LogP) is 3.07. The van der Waals surface area contributed by atoms with E-state index in [1.54, 1.807) is 24.3 Å². The van der Waals surface area contributed by atoms with Crippen molar-refractivity contribution >= 4 is 9.84 Å². The van der Waals surface area contributed by atoms with Crippen molar-refractivity contribution in [3.63, 3.8) is 0 Å². The highest BCUT2D eigenvalue weighted by atomic mass is 32.2. The molecule has 0 heterocycles. The molecule has 1 saturated carbocycles. The minimum atomic E-state index is -3.46. The molecule has 0 saturated heterocycles. The van der Waals surface area contributed by atoms with Gasteiger partial charge in [-0.05, 0) is 24.6 Å². The van der Waals surface area contributed by atoms with Crippen LogP contribution in [-0.2, 0) is 9.84 Å². The standard InChI is InChI=1S/C17H15NO2S/c1-12-7-9-14(10-8-12)21(19,20)17-15(11-18)16(17)13-5-3-2-4-6-13/h2-10,15-17H,1H3/t15-,16-,17+/m0/s1. The van der Waals surface area contributed by atoms with Crippen molar-refractivity contribution in [2.45, 2.75) is 23.0 Å². The number of aryl methyl sites for hydroxylation is 1. The zero-order valence-corrected chi connectivity index (χ0v) is 12.4. The summed E-state index contributed by atoms with van der Waals surface area (Å²) >= 11 is 0. The van der Waals surface area contributed by atoms with E-state index in [1.807, 2.05) is 37.3 Å². The quantitative estimate of drug-likeness (QED) is 0.874. The molecular weight excluding hydrogens is 282 g/mol. The normalized spacial score (nSPS) is 24.3. The smallest absolute Gasteiger partial charge is 0.183 e. The minimum absolute atomic E-state index is 0.220. The first kappa shape index (κ1) is 13.8. The zero-order chi connectivity index (χ0) is 15.0. The van der Waals surface area contributed by atoms with Crippen molar-refractivity contribution in [3.8, 4) is 6.07 Å².